The highest BCUT2D eigenvalue weighted by Crippen LogP contribution is 2.10. The van der Waals surface area contributed by atoms with Crippen molar-refractivity contribution < 1.29 is 0 Å². The normalized spacial score (nSPS) is 17.6. The molecule has 184 valence electrons. The maximum absolute atomic E-state index is 2.59. The Kier molecular flexibility index (Phi) is 22.2. The molecule has 0 spiro atoms. The average molecular weight is 428 g/mol. The SMILES string of the molecule is CC(C)C.CC(C)CN(C)C.CC(C)CN1CCCC1.CC(C)CN1CCCCC1. The van der Waals surface area contributed by atoms with E-state index < -0.39 is 0 Å². The van der Waals surface area contributed by atoms with Crippen molar-refractivity contribution in [3.63, 3.8) is 0 Å². The van der Waals surface area contributed by atoms with Gasteiger partial charge in [-0.3, -0.25) is 0 Å². The summed E-state index contributed by atoms with van der Waals surface area (Å²) in [5.74, 6) is 3.33. The van der Waals surface area contributed by atoms with Crippen LogP contribution in [0.15, 0.2) is 0 Å². The second-order valence-electron chi connectivity index (χ2n) is 11.5. The Morgan fingerprint density at radius 3 is 1.03 bits per heavy atom. The van der Waals surface area contributed by atoms with Gasteiger partial charge in [0.1, 0.15) is 0 Å². The maximum atomic E-state index is 2.59. The minimum atomic E-state index is 0.801. The molecule has 30 heavy (non-hydrogen) atoms. The van der Waals surface area contributed by atoms with Crippen LogP contribution < -0.4 is 0 Å². The molecule has 0 aromatic carbocycles. The molecule has 2 aliphatic rings. The standard InChI is InChI=1S/C9H19N.C8H17N.C6H15N.C4H10/c1-9(2)8-10-6-4-3-5-7-10;1-8(2)7-9-5-3-4-6-9;1-6(2)5-7(3)4;1-4(2)3/h9H,3-8H2,1-2H3;8H,3-7H2,1-2H3;6H,5H2,1-4H3;4H,1-3H3. The van der Waals surface area contributed by atoms with Gasteiger partial charge in [-0.15, -0.1) is 0 Å². The van der Waals surface area contributed by atoms with E-state index in [9.17, 15) is 0 Å². The number of rotatable bonds is 6. The van der Waals surface area contributed by atoms with E-state index in [2.05, 4.69) is 91.1 Å². The van der Waals surface area contributed by atoms with Crippen LogP contribution in [-0.4, -0.2) is 74.6 Å². The minimum absolute atomic E-state index is 0.801. The molecule has 0 aliphatic carbocycles. The molecule has 2 saturated heterocycles. The van der Waals surface area contributed by atoms with Gasteiger partial charge in [0, 0.05) is 13.1 Å². The van der Waals surface area contributed by atoms with Crippen LogP contribution in [0.5, 0.6) is 0 Å². The zero-order chi connectivity index (χ0) is 23.5. The van der Waals surface area contributed by atoms with E-state index in [1.807, 2.05) is 0 Å². The molecule has 2 rings (SSSR count). The molecule has 0 radical (unpaired) electrons. The van der Waals surface area contributed by atoms with Gasteiger partial charge in [-0.2, -0.15) is 0 Å². The van der Waals surface area contributed by atoms with Gasteiger partial charge in [0.25, 0.3) is 0 Å². The van der Waals surface area contributed by atoms with E-state index in [1.54, 1.807) is 0 Å². The van der Waals surface area contributed by atoms with Gasteiger partial charge in [-0.25, -0.2) is 0 Å². The number of hydrogen-bond donors (Lipinski definition) is 0. The molecule has 0 N–H and O–H groups in total. The summed E-state index contributed by atoms with van der Waals surface area (Å²) < 4.78 is 0. The van der Waals surface area contributed by atoms with Crippen molar-refractivity contribution in [3.05, 3.63) is 0 Å². The number of nitrogens with zero attached hydrogens (tertiary/aromatic N) is 3. The highest BCUT2D eigenvalue weighted by molar-refractivity contribution is 4.67. The Labute approximate surface area is 193 Å². The molecule has 0 unspecified atom stereocenters. The first-order valence-electron chi connectivity index (χ1n) is 13.0. The summed E-state index contributed by atoms with van der Waals surface area (Å²) in [6.07, 6.45) is 7.15. The highest BCUT2D eigenvalue weighted by Gasteiger charge is 2.11. The lowest BCUT2D eigenvalue weighted by atomic mass is 10.1. The molecule has 3 heteroatoms. The lowest BCUT2D eigenvalue weighted by Gasteiger charge is -2.27. The predicted octanol–water partition coefficient (Wildman–Crippen LogP) is 6.73. The molecule has 0 amide bonds. The van der Waals surface area contributed by atoms with Crippen LogP contribution in [0.1, 0.15) is 94.4 Å². The third-order valence-corrected chi connectivity index (χ3v) is 4.62. The van der Waals surface area contributed by atoms with Crippen molar-refractivity contribution in [3.8, 4) is 0 Å². The molecule has 2 aliphatic heterocycles. The predicted molar refractivity (Wildman–Crippen MR) is 140 cm³/mol. The van der Waals surface area contributed by atoms with Crippen LogP contribution in [0, 0.1) is 23.7 Å². The quantitative estimate of drug-likeness (QED) is 0.465. The number of hydrogen-bond acceptors (Lipinski definition) is 3. The van der Waals surface area contributed by atoms with E-state index >= 15 is 0 Å². The third kappa shape index (κ3) is 27.9. The topological polar surface area (TPSA) is 9.72 Å². The summed E-state index contributed by atoms with van der Waals surface area (Å²) in [6.45, 7) is 29.3. The summed E-state index contributed by atoms with van der Waals surface area (Å²) in [6, 6.07) is 0. The van der Waals surface area contributed by atoms with Crippen LogP contribution in [0.25, 0.3) is 0 Å². The van der Waals surface area contributed by atoms with E-state index in [1.165, 1.54) is 77.9 Å². The minimum Gasteiger partial charge on any atom is -0.309 e. The smallest absolute Gasteiger partial charge is 0.000438 e. The zero-order valence-electron chi connectivity index (χ0n) is 23.1. The lowest BCUT2D eigenvalue weighted by molar-refractivity contribution is 0.206. The largest absolute Gasteiger partial charge is 0.309 e. The second-order valence-corrected chi connectivity index (χ2v) is 11.5. The monoisotopic (exact) mass is 427 g/mol. The lowest BCUT2D eigenvalue weighted by Crippen LogP contribution is -2.32. The summed E-state index contributed by atoms with van der Waals surface area (Å²) >= 11 is 0. The van der Waals surface area contributed by atoms with Crippen LogP contribution in [0.4, 0.5) is 0 Å². The van der Waals surface area contributed by atoms with E-state index in [0.29, 0.717) is 0 Å². The Hall–Kier alpha value is -0.120. The third-order valence-electron chi connectivity index (χ3n) is 4.62. The van der Waals surface area contributed by atoms with E-state index in [0.717, 1.165) is 23.7 Å². The van der Waals surface area contributed by atoms with Crippen molar-refractivity contribution in [1.82, 2.24) is 14.7 Å². The van der Waals surface area contributed by atoms with Gasteiger partial charge < -0.3 is 14.7 Å². The first-order valence-corrected chi connectivity index (χ1v) is 13.0. The Morgan fingerprint density at radius 2 is 0.833 bits per heavy atom. The molecule has 0 aromatic rings. The fourth-order valence-electron chi connectivity index (χ4n) is 3.87. The van der Waals surface area contributed by atoms with Gasteiger partial charge in [0.2, 0.25) is 0 Å². The molecule has 3 nitrogen and oxygen atoms in total. The number of likely N-dealkylation sites (tertiary alicyclic amines) is 2. The van der Waals surface area contributed by atoms with Crippen molar-refractivity contribution >= 4 is 0 Å². The summed E-state index contributed by atoms with van der Waals surface area (Å²) in [5, 5.41) is 0. The average Bonchev–Trinajstić information content (AvgIpc) is 3.06. The first kappa shape index (κ1) is 32.1. The van der Waals surface area contributed by atoms with Crippen LogP contribution in [-0.2, 0) is 0 Å². The Balaban J connectivity index is 0. The van der Waals surface area contributed by atoms with Gasteiger partial charge in [-0.1, -0.05) is 68.7 Å². The molecule has 0 atom stereocenters. The van der Waals surface area contributed by atoms with Crippen molar-refractivity contribution in [2.75, 3.05) is 59.9 Å². The molecular weight excluding hydrogens is 366 g/mol. The molecule has 2 fully saturated rings. The summed E-state index contributed by atoms with van der Waals surface area (Å²) in [5.41, 5.74) is 0. The van der Waals surface area contributed by atoms with Crippen molar-refractivity contribution in [2.24, 2.45) is 23.7 Å². The zero-order valence-corrected chi connectivity index (χ0v) is 23.1. The van der Waals surface area contributed by atoms with Crippen LogP contribution >= 0.6 is 0 Å². The molecule has 0 saturated carbocycles. The fourth-order valence-corrected chi connectivity index (χ4v) is 3.87. The number of piperidine rings is 1. The van der Waals surface area contributed by atoms with Crippen LogP contribution in [0.3, 0.4) is 0 Å². The summed E-state index contributed by atoms with van der Waals surface area (Å²) in [4.78, 5) is 7.35. The first-order chi connectivity index (χ1) is 13.9. The Bertz CT molecular complexity index is 316. The van der Waals surface area contributed by atoms with Gasteiger partial charge >= 0.3 is 0 Å². The van der Waals surface area contributed by atoms with Gasteiger partial charge in [-0.05, 0) is 96.2 Å². The van der Waals surface area contributed by atoms with E-state index in [-0.39, 0.29) is 0 Å². The second kappa shape index (κ2) is 20.8. The molecule has 0 bridgehead atoms. The molecule has 0 aromatic heterocycles. The summed E-state index contributed by atoms with van der Waals surface area (Å²) in [7, 11) is 4.19. The van der Waals surface area contributed by atoms with Crippen molar-refractivity contribution in [1.29, 1.82) is 0 Å². The fraction of sp³-hybridized carbons (Fsp3) is 1.00. The highest BCUT2D eigenvalue weighted by atomic mass is 15.1. The molecular formula is C27H61N3. The molecule has 2 heterocycles. The van der Waals surface area contributed by atoms with Crippen molar-refractivity contribution in [2.45, 2.75) is 94.4 Å². The maximum Gasteiger partial charge on any atom is 0.000438 e. The Morgan fingerprint density at radius 1 is 0.533 bits per heavy atom. The van der Waals surface area contributed by atoms with Crippen LogP contribution in [0.2, 0.25) is 0 Å². The van der Waals surface area contributed by atoms with Gasteiger partial charge in [0.05, 0.1) is 0 Å². The van der Waals surface area contributed by atoms with Gasteiger partial charge in [0.15, 0.2) is 0 Å². The van der Waals surface area contributed by atoms with E-state index in [4.69, 9.17) is 0 Å².